The van der Waals surface area contributed by atoms with Crippen LogP contribution in [0.1, 0.15) is 26.4 Å². The van der Waals surface area contributed by atoms with E-state index in [-0.39, 0.29) is 22.0 Å². The first-order valence-electron chi connectivity index (χ1n) is 8.36. The smallest absolute Gasteiger partial charge is 0.337 e. The SMILES string of the molecule is COC(=O)c1ccc(Cl)c(NC(=O)c2cc(NCc3ccccc3)ncn2)c1. The Balaban J connectivity index is 1.72. The Morgan fingerprint density at radius 2 is 1.86 bits per heavy atom. The van der Waals surface area contributed by atoms with E-state index in [2.05, 4.69) is 25.3 Å². The largest absolute Gasteiger partial charge is 0.465 e. The van der Waals surface area contributed by atoms with Gasteiger partial charge in [-0.05, 0) is 23.8 Å². The van der Waals surface area contributed by atoms with Crippen LogP contribution in [0.4, 0.5) is 11.5 Å². The molecule has 3 aromatic rings. The molecule has 2 aromatic carbocycles. The third kappa shape index (κ3) is 4.83. The fourth-order valence-electron chi connectivity index (χ4n) is 2.42. The number of halogens is 1. The molecule has 0 spiro atoms. The van der Waals surface area contributed by atoms with Crippen molar-refractivity contribution in [2.24, 2.45) is 0 Å². The topological polar surface area (TPSA) is 93.2 Å². The van der Waals surface area contributed by atoms with Gasteiger partial charge in [0.2, 0.25) is 0 Å². The van der Waals surface area contributed by atoms with Crippen LogP contribution in [0.15, 0.2) is 60.9 Å². The van der Waals surface area contributed by atoms with Gasteiger partial charge in [-0.2, -0.15) is 0 Å². The van der Waals surface area contributed by atoms with Crippen LogP contribution in [0.5, 0.6) is 0 Å². The number of ether oxygens (including phenoxy) is 1. The van der Waals surface area contributed by atoms with Gasteiger partial charge in [-0.15, -0.1) is 0 Å². The number of carbonyl (C=O) groups is 2. The fraction of sp³-hybridized carbons (Fsp3) is 0.100. The molecule has 1 aromatic heterocycles. The summed E-state index contributed by atoms with van der Waals surface area (Å²) in [5, 5.41) is 6.08. The zero-order valence-corrected chi connectivity index (χ0v) is 15.7. The van der Waals surface area contributed by atoms with Crippen molar-refractivity contribution in [2.45, 2.75) is 6.54 Å². The Hall–Kier alpha value is -3.45. The minimum Gasteiger partial charge on any atom is -0.465 e. The van der Waals surface area contributed by atoms with Crippen LogP contribution < -0.4 is 10.6 Å². The summed E-state index contributed by atoms with van der Waals surface area (Å²) in [6.07, 6.45) is 1.30. The predicted octanol–water partition coefficient (Wildman–Crippen LogP) is 3.78. The van der Waals surface area contributed by atoms with Gasteiger partial charge >= 0.3 is 5.97 Å². The molecule has 2 N–H and O–H groups in total. The van der Waals surface area contributed by atoms with Gasteiger partial charge in [0.25, 0.3) is 5.91 Å². The molecule has 0 atom stereocenters. The summed E-state index contributed by atoms with van der Waals surface area (Å²) >= 11 is 6.11. The van der Waals surface area contributed by atoms with Crippen molar-refractivity contribution in [3.63, 3.8) is 0 Å². The molecule has 28 heavy (non-hydrogen) atoms. The van der Waals surface area contributed by atoms with Crippen molar-refractivity contribution >= 4 is 35.0 Å². The highest BCUT2D eigenvalue weighted by Crippen LogP contribution is 2.24. The lowest BCUT2D eigenvalue weighted by Gasteiger charge is -2.10. The minimum absolute atomic E-state index is 0.157. The number of hydrogen-bond acceptors (Lipinski definition) is 6. The van der Waals surface area contributed by atoms with E-state index in [1.807, 2.05) is 30.3 Å². The summed E-state index contributed by atoms with van der Waals surface area (Å²) in [6.45, 7) is 0.561. The number of methoxy groups -OCH3 is 1. The van der Waals surface area contributed by atoms with Crippen molar-refractivity contribution in [3.05, 3.63) is 82.8 Å². The zero-order valence-electron chi connectivity index (χ0n) is 15.0. The third-order valence-electron chi connectivity index (χ3n) is 3.85. The van der Waals surface area contributed by atoms with E-state index in [0.29, 0.717) is 12.4 Å². The monoisotopic (exact) mass is 396 g/mol. The van der Waals surface area contributed by atoms with Crippen LogP contribution in [0.25, 0.3) is 0 Å². The molecule has 0 unspecified atom stereocenters. The van der Waals surface area contributed by atoms with Gasteiger partial charge in [-0.3, -0.25) is 4.79 Å². The lowest BCUT2D eigenvalue weighted by Crippen LogP contribution is -2.15. The van der Waals surface area contributed by atoms with Gasteiger partial charge in [0.15, 0.2) is 0 Å². The number of rotatable bonds is 6. The summed E-state index contributed by atoms with van der Waals surface area (Å²) in [5.74, 6) is -0.492. The molecule has 7 nitrogen and oxygen atoms in total. The van der Waals surface area contributed by atoms with Gasteiger partial charge in [0.1, 0.15) is 17.8 Å². The highest BCUT2D eigenvalue weighted by molar-refractivity contribution is 6.34. The number of nitrogens with one attached hydrogen (secondary N) is 2. The van der Waals surface area contributed by atoms with E-state index < -0.39 is 11.9 Å². The Morgan fingerprint density at radius 3 is 2.61 bits per heavy atom. The number of carbonyl (C=O) groups excluding carboxylic acids is 2. The second-order valence-electron chi connectivity index (χ2n) is 5.77. The summed E-state index contributed by atoms with van der Waals surface area (Å²) in [6, 6.07) is 15.8. The average molecular weight is 397 g/mol. The van der Waals surface area contributed by atoms with E-state index in [4.69, 9.17) is 11.6 Å². The van der Waals surface area contributed by atoms with Crippen LogP contribution in [-0.2, 0) is 11.3 Å². The lowest BCUT2D eigenvalue weighted by atomic mass is 10.2. The Labute approximate surface area is 166 Å². The molecule has 0 bridgehead atoms. The average Bonchev–Trinajstić information content (AvgIpc) is 2.74. The molecular weight excluding hydrogens is 380 g/mol. The van der Waals surface area contributed by atoms with E-state index >= 15 is 0 Å². The maximum absolute atomic E-state index is 12.5. The minimum atomic E-state index is -0.526. The number of esters is 1. The number of hydrogen-bond donors (Lipinski definition) is 2. The second-order valence-corrected chi connectivity index (χ2v) is 6.18. The Kier molecular flexibility index (Phi) is 6.18. The standard InChI is InChI=1S/C20H17ClN4O3/c1-28-20(27)14-7-8-15(21)16(9-14)25-19(26)17-10-18(24-12-23-17)22-11-13-5-3-2-4-6-13/h2-10,12H,11H2,1H3,(H,25,26)(H,22,23,24). The molecule has 0 saturated heterocycles. The van der Waals surface area contributed by atoms with Crippen LogP contribution in [-0.4, -0.2) is 29.0 Å². The molecule has 0 aliphatic rings. The third-order valence-corrected chi connectivity index (χ3v) is 4.18. The molecule has 142 valence electrons. The number of benzene rings is 2. The number of amides is 1. The van der Waals surface area contributed by atoms with Gasteiger partial charge in [0.05, 0.1) is 23.4 Å². The summed E-state index contributed by atoms with van der Waals surface area (Å²) < 4.78 is 4.68. The van der Waals surface area contributed by atoms with Crippen LogP contribution >= 0.6 is 11.6 Å². The van der Waals surface area contributed by atoms with Gasteiger partial charge < -0.3 is 15.4 Å². The Bertz CT molecular complexity index is 996. The molecule has 3 rings (SSSR count). The van der Waals surface area contributed by atoms with Crippen molar-refractivity contribution in [2.75, 3.05) is 17.7 Å². The van der Waals surface area contributed by atoms with Crippen LogP contribution in [0, 0.1) is 0 Å². The highest BCUT2D eigenvalue weighted by atomic mass is 35.5. The highest BCUT2D eigenvalue weighted by Gasteiger charge is 2.14. The van der Waals surface area contributed by atoms with Crippen molar-refractivity contribution in [1.29, 1.82) is 0 Å². The molecule has 0 saturated carbocycles. The van der Waals surface area contributed by atoms with Crippen molar-refractivity contribution in [3.8, 4) is 0 Å². The summed E-state index contributed by atoms with van der Waals surface area (Å²) in [7, 11) is 1.28. The number of nitrogens with zero attached hydrogens (tertiary/aromatic N) is 2. The van der Waals surface area contributed by atoms with E-state index in [1.165, 1.54) is 37.7 Å². The summed E-state index contributed by atoms with van der Waals surface area (Å²) in [4.78, 5) is 32.3. The first-order chi connectivity index (χ1) is 13.6. The normalized spacial score (nSPS) is 10.2. The molecule has 1 amide bonds. The molecule has 0 aliphatic heterocycles. The van der Waals surface area contributed by atoms with Gasteiger partial charge in [-0.1, -0.05) is 41.9 Å². The van der Waals surface area contributed by atoms with Crippen LogP contribution in [0.3, 0.4) is 0 Å². The zero-order chi connectivity index (χ0) is 19.9. The lowest BCUT2D eigenvalue weighted by molar-refractivity contribution is 0.0600. The van der Waals surface area contributed by atoms with Crippen molar-refractivity contribution < 1.29 is 14.3 Å². The number of anilines is 2. The molecule has 8 heteroatoms. The molecular formula is C20H17ClN4O3. The second kappa shape index (κ2) is 8.96. The predicted molar refractivity (Wildman–Crippen MR) is 107 cm³/mol. The fourth-order valence-corrected chi connectivity index (χ4v) is 2.58. The maximum Gasteiger partial charge on any atom is 0.337 e. The van der Waals surface area contributed by atoms with Gasteiger partial charge in [0, 0.05) is 12.6 Å². The van der Waals surface area contributed by atoms with E-state index in [1.54, 1.807) is 0 Å². The first-order valence-corrected chi connectivity index (χ1v) is 8.73. The molecule has 0 fully saturated rings. The maximum atomic E-state index is 12.5. The van der Waals surface area contributed by atoms with E-state index in [9.17, 15) is 9.59 Å². The number of aromatic nitrogens is 2. The summed E-state index contributed by atoms with van der Waals surface area (Å²) in [5.41, 5.74) is 1.80. The molecule has 1 heterocycles. The molecule has 0 radical (unpaired) electrons. The van der Waals surface area contributed by atoms with Gasteiger partial charge in [-0.25, -0.2) is 14.8 Å². The van der Waals surface area contributed by atoms with E-state index in [0.717, 1.165) is 5.56 Å². The Morgan fingerprint density at radius 1 is 1.07 bits per heavy atom. The van der Waals surface area contributed by atoms with Crippen LogP contribution in [0.2, 0.25) is 5.02 Å². The molecule has 0 aliphatic carbocycles. The first kappa shape index (κ1) is 19.3. The van der Waals surface area contributed by atoms with Crippen molar-refractivity contribution in [1.82, 2.24) is 9.97 Å². The quantitative estimate of drug-likeness (QED) is 0.616.